The van der Waals surface area contributed by atoms with Crippen molar-refractivity contribution >= 4 is 0 Å². The number of ether oxygens (including phenoxy) is 1. The SMILES string of the molecule is CCc1ccccc1OC1CC(NC)C12CCCCC2. The van der Waals surface area contributed by atoms with Gasteiger partial charge in [0, 0.05) is 17.9 Å². The first kappa shape index (κ1) is 13.9. The summed E-state index contributed by atoms with van der Waals surface area (Å²) in [4.78, 5) is 0. The molecule has 2 unspecified atom stereocenters. The van der Waals surface area contributed by atoms with Crippen LogP contribution in [0.15, 0.2) is 24.3 Å². The van der Waals surface area contributed by atoms with Crippen molar-refractivity contribution in [2.45, 2.75) is 64.0 Å². The first-order chi connectivity index (χ1) is 9.80. The van der Waals surface area contributed by atoms with E-state index in [2.05, 4.69) is 43.6 Å². The van der Waals surface area contributed by atoms with E-state index in [0.29, 0.717) is 17.6 Å². The molecule has 2 atom stereocenters. The lowest BCUT2D eigenvalue weighted by molar-refractivity contribution is -0.101. The first-order valence-corrected chi connectivity index (χ1v) is 8.22. The minimum absolute atomic E-state index is 0.397. The topological polar surface area (TPSA) is 21.3 Å². The van der Waals surface area contributed by atoms with Gasteiger partial charge >= 0.3 is 0 Å². The molecule has 1 N–H and O–H groups in total. The lowest BCUT2D eigenvalue weighted by Gasteiger charge is -2.57. The van der Waals surface area contributed by atoms with E-state index in [-0.39, 0.29) is 0 Å². The molecular formula is C18H27NO. The maximum absolute atomic E-state index is 6.46. The van der Waals surface area contributed by atoms with E-state index in [4.69, 9.17) is 4.74 Å². The lowest BCUT2D eigenvalue weighted by Crippen LogP contribution is -2.64. The van der Waals surface area contributed by atoms with E-state index in [1.807, 2.05) is 0 Å². The minimum atomic E-state index is 0.397. The fourth-order valence-electron chi connectivity index (χ4n) is 4.26. The van der Waals surface area contributed by atoms with Crippen molar-refractivity contribution in [3.8, 4) is 5.75 Å². The quantitative estimate of drug-likeness (QED) is 0.897. The Kier molecular flexibility index (Phi) is 4.02. The zero-order valence-corrected chi connectivity index (χ0v) is 12.8. The average Bonchev–Trinajstić information content (AvgIpc) is 2.52. The van der Waals surface area contributed by atoms with Gasteiger partial charge < -0.3 is 10.1 Å². The number of rotatable bonds is 4. The van der Waals surface area contributed by atoms with E-state index >= 15 is 0 Å². The summed E-state index contributed by atoms with van der Waals surface area (Å²) in [5.74, 6) is 1.11. The summed E-state index contributed by atoms with van der Waals surface area (Å²) in [7, 11) is 2.11. The Morgan fingerprint density at radius 1 is 1.20 bits per heavy atom. The van der Waals surface area contributed by atoms with Crippen molar-refractivity contribution in [3.63, 3.8) is 0 Å². The molecule has 1 spiro atoms. The summed E-state index contributed by atoms with van der Waals surface area (Å²) < 4.78 is 6.46. The molecule has 2 saturated carbocycles. The van der Waals surface area contributed by atoms with Gasteiger partial charge in [-0.2, -0.15) is 0 Å². The van der Waals surface area contributed by atoms with Crippen molar-refractivity contribution in [2.24, 2.45) is 5.41 Å². The highest BCUT2D eigenvalue weighted by Gasteiger charge is 2.55. The highest BCUT2D eigenvalue weighted by atomic mass is 16.5. The number of nitrogens with one attached hydrogen (secondary N) is 1. The van der Waals surface area contributed by atoms with Gasteiger partial charge in [0.25, 0.3) is 0 Å². The molecule has 0 radical (unpaired) electrons. The Balaban J connectivity index is 1.77. The summed E-state index contributed by atoms with van der Waals surface area (Å²) in [5, 5.41) is 3.53. The van der Waals surface area contributed by atoms with Crippen LogP contribution >= 0.6 is 0 Å². The van der Waals surface area contributed by atoms with Crippen LogP contribution in [0.2, 0.25) is 0 Å². The summed E-state index contributed by atoms with van der Waals surface area (Å²) in [5.41, 5.74) is 1.74. The van der Waals surface area contributed by atoms with Gasteiger partial charge in [-0.3, -0.25) is 0 Å². The van der Waals surface area contributed by atoms with Crippen LogP contribution < -0.4 is 10.1 Å². The van der Waals surface area contributed by atoms with Crippen molar-refractivity contribution < 1.29 is 4.74 Å². The van der Waals surface area contributed by atoms with E-state index in [1.165, 1.54) is 37.7 Å². The second-order valence-corrected chi connectivity index (χ2v) is 6.44. The van der Waals surface area contributed by atoms with E-state index in [0.717, 1.165) is 18.6 Å². The predicted molar refractivity (Wildman–Crippen MR) is 83.2 cm³/mol. The number of aryl methyl sites for hydroxylation is 1. The number of hydrogen-bond acceptors (Lipinski definition) is 2. The molecule has 0 aliphatic heterocycles. The van der Waals surface area contributed by atoms with Crippen LogP contribution in [0.4, 0.5) is 0 Å². The summed E-state index contributed by atoms with van der Waals surface area (Å²) in [6, 6.07) is 9.19. The standard InChI is InChI=1S/C18H27NO/c1-3-14-9-5-6-10-15(14)20-17-13-16(19-2)18(17)11-7-4-8-12-18/h5-6,9-10,16-17,19H,3-4,7-8,11-13H2,1-2H3. The van der Waals surface area contributed by atoms with Crippen LogP contribution in [0.1, 0.15) is 51.0 Å². The summed E-state index contributed by atoms with van der Waals surface area (Å²) >= 11 is 0. The van der Waals surface area contributed by atoms with Crippen molar-refractivity contribution in [3.05, 3.63) is 29.8 Å². The van der Waals surface area contributed by atoms with Gasteiger partial charge in [0.15, 0.2) is 0 Å². The predicted octanol–water partition coefficient (Wildman–Crippen LogP) is 3.94. The lowest BCUT2D eigenvalue weighted by atomic mass is 9.55. The third-order valence-electron chi connectivity index (χ3n) is 5.54. The Hall–Kier alpha value is -1.02. The highest BCUT2D eigenvalue weighted by molar-refractivity contribution is 5.34. The molecule has 1 aromatic rings. The van der Waals surface area contributed by atoms with Crippen LogP contribution in [0.5, 0.6) is 5.75 Å². The zero-order valence-electron chi connectivity index (χ0n) is 12.8. The van der Waals surface area contributed by atoms with Crippen LogP contribution in [0.3, 0.4) is 0 Å². The largest absolute Gasteiger partial charge is 0.489 e. The fraction of sp³-hybridized carbons (Fsp3) is 0.667. The summed E-state index contributed by atoms with van der Waals surface area (Å²) in [6.45, 7) is 2.20. The maximum Gasteiger partial charge on any atom is 0.122 e. The Labute approximate surface area is 122 Å². The van der Waals surface area contributed by atoms with Gasteiger partial charge in [-0.1, -0.05) is 44.4 Å². The molecule has 0 bridgehead atoms. The Bertz CT molecular complexity index is 450. The van der Waals surface area contributed by atoms with Gasteiger partial charge in [-0.15, -0.1) is 0 Å². The summed E-state index contributed by atoms with van der Waals surface area (Å²) in [6.07, 6.45) is 9.42. The van der Waals surface area contributed by atoms with Gasteiger partial charge in [-0.05, 0) is 37.9 Å². The third-order valence-corrected chi connectivity index (χ3v) is 5.54. The van der Waals surface area contributed by atoms with Gasteiger partial charge in [0.2, 0.25) is 0 Å². The van der Waals surface area contributed by atoms with Crippen LogP contribution in [-0.2, 0) is 6.42 Å². The molecular weight excluding hydrogens is 246 g/mol. The first-order valence-electron chi connectivity index (χ1n) is 8.22. The fourth-order valence-corrected chi connectivity index (χ4v) is 4.26. The Morgan fingerprint density at radius 2 is 1.95 bits per heavy atom. The molecule has 20 heavy (non-hydrogen) atoms. The molecule has 2 fully saturated rings. The average molecular weight is 273 g/mol. The molecule has 2 nitrogen and oxygen atoms in total. The minimum Gasteiger partial charge on any atom is -0.489 e. The monoisotopic (exact) mass is 273 g/mol. The van der Waals surface area contributed by atoms with Gasteiger partial charge in [0.05, 0.1) is 0 Å². The normalized spacial score (nSPS) is 28.1. The number of para-hydroxylation sites is 1. The molecule has 110 valence electrons. The molecule has 2 heteroatoms. The van der Waals surface area contributed by atoms with E-state index in [9.17, 15) is 0 Å². The number of hydrogen-bond donors (Lipinski definition) is 1. The van der Waals surface area contributed by atoms with Crippen LogP contribution in [0.25, 0.3) is 0 Å². The van der Waals surface area contributed by atoms with Gasteiger partial charge in [0.1, 0.15) is 11.9 Å². The highest BCUT2D eigenvalue weighted by Crippen LogP contribution is 2.53. The maximum atomic E-state index is 6.46. The molecule has 2 aliphatic rings. The molecule has 0 aromatic heterocycles. The molecule has 0 saturated heterocycles. The van der Waals surface area contributed by atoms with Gasteiger partial charge in [-0.25, -0.2) is 0 Å². The zero-order chi connectivity index (χ0) is 14.0. The molecule has 0 heterocycles. The number of benzene rings is 1. The van der Waals surface area contributed by atoms with Crippen molar-refractivity contribution in [1.82, 2.24) is 5.32 Å². The second-order valence-electron chi connectivity index (χ2n) is 6.44. The van der Waals surface area contributed by atoms with Crippen LogP contribution in [-0.4, -0.2) is 19.2 Å². The van der Waals surface area contributed by atoms with Crippen molar-refractivity contribution in [2.75, 3.05) is 7.05 Å². The molecule has 3 rings (SSSR count). The second kappa shape index (κ2) is 5.77. The smallest absolute Gasteiger partial charge is 0.122 e. The van der Waals surface area contributed by atoms with Crippen molar-refractivity contribution in [1.29, 1.82) is 0 Å². The molecule has 1 aromatic carbocycles. The van der Waals surface area contributed by atoms with Crippen LogP contribution in [0, 0.1) is 5.41 Å². The molecule has 0 amide bonds. The Morgan fingerprint density at radius 3 is 2.65 bits per heavy atom. The van der Waals surface area contributed by atoms with E-state index in [1.54, 1.807) is 0 Å². The molecule has 2 aliphatic carbocycles. The third kappa shape index (κ3) is 2.24. The van der Waals surface area contributed by atoms with E-state index < -0.39 is 0 Å².